The monoisotopic (exact) mass is 684 g/mol. The molecule has 50 heavy (non-hydrogen) atoms. The summed E-state index contributed by atoms with van der Waals surface area (Å²) in [5, 5.41) is 21.2. The standard InChI is InChI=1S/C37H44N6O7/c1-4-6-17-29(45)38-24(3)32(25-13-8-7-9-14-25)49-36(48)30-28-18-19-37(50-28)31(30)34(46)42(21-12-22-44)33(37)35(47)41(20-5-2)23-43-27-16-11-10-15-26(27)39-40-43/h4-5,7-11,13-16,24,28,30-33,44H,1-2,6,12,17-23H2,3H3,(H,38,45)/t24-,28+,30-,31-,32-,33+,37-/m0/s1. The van der Waals surface area contributed by atoms with Crippen molar-refractivity contribution >= 4 is 34.7 Å². The van der Waals surface area contributed by atoms with Crippen molar-refractivity contribution in [2.45, 2.75) is 75.6 Å². The highest BCUT2D eigenvalue weighted by Gasteiger charge is 2.75. The predicted molar refractivity (Wildman–Crippen MR) is 183 cm³/mol. The van der Waals surface area contributed by atoms with Crippen LogP contribution < -0.4 is 5.32 Å². The molecule has 13 heteroatoms. The van der Waals surface area contributed by atoms with Crippen LogP contribution in [-0.2, 0) is 35.3 Å². The number of benzene rings is 2. The van der Waals surface area contributed by atoms with Crippen molar-refractivity contribution in [1.29, 1.82) is 0 Å². The van der Waals surface area contributed by atoms with Gasteiger partial charge in [-0.3, -0.25) is 19.2 Å². The van der Waals surface area contributed by atoms with Crippen LogP contribution in [0.1, 0.15) is 50.7 Å². The largest absolute Gasteiger partial charge is 0.455 e. The van der Waals surface area contributed by atoms with E-state index < -0.39 is 47.7 Å². The van der Waals surface area contributed by atoms with Crippen molar-refractivity contribution in [2.75, 3.05) is 19.7 Å². The smallest absolute Gasteiger partial charge is 0.313 e. The summed E-state index contributed by atoms with van der Waals surface area (Å²) in [7, 11) is 0. The Hall–Kier alpha value is -4.88. The van der Waals surface area contributed by atoms with Crippen molar-refractivity contribution < 1.29 is 33.8 Å². The third kappa shape index (κ3) is 6.42. The van der Waals surface area contributed by atoms with E-state index in [4.69, 9.17) is 9.47 Å². The van der Waals surface area contributed by atoms with Gasteiger partial charge in [-0.1, -0.05) is 59.8 Å². The normalized spacial score (nSPS) is 24.8. The van der Waals surface area contributed by atoms with E-state index in [1.807, 2.05) is 54.6 Å². The molecule has 0 aliphatic carbocycles. The van der Waals surface area contributed by atoms with Gasteiger partial charge in [0.1, 0.15) is 29.9 Å². The highest BCUT2D eigenvalue weighted by Crippen LogP contribution is 2.59. The van der Waals surface area contributed by atoms with Gasteiger partial charge in [0.05, 0.1) is 29.5 Å². The summed E-state index contributed by atoms with van der Waals surface area (Å²) >= 11 is 0. The molecule has 1 spiro atoms. The summed E-state index contributed by atoms with van der Waals surface area (Å²) in [6.07, 6.45) is 3.65. The van der Waals surface area contributed by atoms with Crippen LogP contribution in [0.3, 0.4) is 0 Å². The van der Waals surface area contributed by atoms with Crippen LogP contribution in [0.15, 0.2) is 79.9 Å². The Kier molecular flexibility index (Phi) is 10.4. The molecule has 13 nitrogen and oxygen atoms in total. The molecule has 6 rings (SSSR count). The fourth-order valence-electron chi connectivity index (χ4n) is 7.85. The van der Waals surface area contributed by atoms with E-state index in [2.05, 4.69) is 28.8 Å². The molecule has 3 fully saturated rings. The molecule has 7 atom stereocenters. The summed E-state index contributed by atoms with van der Waals surface area (Å²) in [4.78, 5) is 59.0. The zero-order chi connectivity index (χ0) is 35.4. The summed E-state index contributed by atoms with van der Waals surface area (Å²) in [5.74, 6) is -3.51. The number of ether oxygens (including phenoxy) is 2. The lowest BCUT2D eigenvalue weighted by Gasteiger charge is -2.36. The average Bonchev–Trinajstić information content (AvgIpc) is 3.88. The molecular formula is C37H44N6O7. The number of allylic oxidation sites excluding steroid dienone is 1. The van der Waals surface area contributed by atoms with E-state index in [1.165, 1.54) is 4.90 Å². The van der Waals surface area contributed by atoms with Crippen molar-refractivity contribution in [3.05, 3.63) is 85.5 Å². The third-order valence-electron chi connectivity index (χ3n) is 10.0. The molecular weight excluding hydrogens is 640 g/mol. The molecule has 264 valence electrons. The van der Waals surface area contributed by atoms with Gasteiger partial charge in [0, 0.05) is 26.1 Å². The van der Waals surface area contributed by atoms with Gasteiger partial charge in [-0.2, -0.15) is 0 Å². The van der Waals surface area contributed by atoms with E-state index in [9.17, 15) is 24.3 Å². The maximum Gasteiger partial charge on any atom is 0.313 e. The molecule has 4 heterocycles. The maximum atomic E-state index is 14.7. The number of aliphatic hydroxyl groups is 1. The van der Waals surface area contributed by atoms with Crippen LogP contribution >= 0.6 is 0 Å². The van der Waals surface area contributed by atoms with Gasteiger partial charge < -0.3 is 29.7 Å². The van der Waals surface area contributed by atoms with E-state index in [0.29, 0.717) is 30.3 Å². The summed E-state index contributed by atoms with van der Waals surface area (Å²) < 4.78 is 14.4. The number of aromatic nitrogens is 3. The average molecular weight is 685 g/mol. The van der Waals surface area contributed by atoms with Crippen molar-refractivity contribution in [3.63, 3.8) is 0 Å². The van der Waals surface area contributed by atoms with Crippen LogP contribution in [0.2, 0.25) is 0 Å². The van der Waals surface area contributed by atoms with Gasteiger partial charge in [-0.25, -0.2) is 4.68 Å². The number of hydrogen-bond donors (Lipinski definition) is 2. The fourth-order valence-corrected chi connectivity index (χ4v) is 7.85. The van der Waals surface area contributed by atoms with E-state index >= 15 is 0 Å². The summed E-state index contributed by atoms with van der Waals surface area (Å²) in [6.45, 7) is 9.43. The number of fused-ring (bicyclic) bond motifs is 2. The number of para-hydroxylation sites is 1. The van der Waals surface area contributed by atoms with E-state index in [0.717, 1.165) is 5.52 Å². The lowest BCUT2D eigenvalue weighted by Crippen LogP contribution is -2.56. The van der Waals surface area contributed by atoms with Crippen LogP contribution in [0.4, 0.5) is 0 Å². The van der Waals surface area contributed by atoms with Gasteiger partial charge in [0.15, 0.2) is 0 Å². The minimum atomic E-state index is -1.27. The quantitative estimate of drug-likeness (QED) is 0.171. The Balaban J connectivity index is 1.29. The number of likely N-dealkylation sites (tertiary alicyclic amines) is 1. The summed E-state index contributed by atoms with van der Waals surface area (Å²) in [6, 6.07) is 14.9. The number of nitrogens with zero attached hydrogens (tertiary/aromatic N) is 5. The molecule has 3 aliphatic rings. The molecule has 2 N–H and O–H groups in total. The van der Waals surface area contributed by atoms with Crippen LogP contribution in [0.5, 0.6) is 0 Å². The first-order valence-corrected chi connectivity index (χ1v) is 17.2. The van der Waals surface area contributed by atoms with Gasteiger partial charge >= 0.3 is 5.97 Å². The zero-order valence-electron chi connectivity index (χ0n) is 28.2. The van der Waals surface area contributed by atoms with Crippen LogP contribution in [0.25, 0.3) is 11.0 Å². The Labute approximate surface area is 290 Å². The maximum absolute atomic E-state index is 14.7. The lowest BCUT2D eigenvalue weighted by molar-refractivity contribution is -0.162. The molecule has 2 bridgehead atoms. The minimum Gasteiger partial charge on any atom is -0.455 e. The Morgan fingerprint density at radius 2 is 1.92 bits per heavy atom. The molecule has 3 saturated heterocycles. The second-order valence-electron chi connectivity index (χ2n) is 13.2. The number of amides is 3. The minimum absolute atomic E-state index is 0.0503. The fraction of sp³-hybridized carbons (Fsp3) is 0.459. The highest BCUT2D eigenvalue weighted by molar-refractivity contribution is 5.98. The van der Waals surface area contributed by atoms with Gasteiger partial charge in [-0.15, -0.1) is 18.3 Å². The Morgan fingerprint density at radius 1 is 1.16 bits per heavy atom. The number of carbonyl (C=O) groups is 4. The second kappa shape index (κ2) is 14.9. The zero-order valence-corrected chi connectivity index (χ0v) is 28.2. The number of rotatable bonds is 16. The van der Waals surface area contributed by atoms with E-state index in [-0.39, 0.29) is 56.9 Å². The first-order valence-electron chi connectivity index (χ1n) is 17.2. The Bertz CT molecular complexity index is 1750. The first-order chi connectivity index (χ1) is 24.2. The summed E-state index contributed by atoms with van der Waals surface area (Å²) in [5.41, 5.74) is 0.836. The van der Waals surface area contributed by atoms with Crippen LogP contribution in [-0.4, -0.2) is 97.1 Å². The highest BCUT2D eigenvalue weighted by atomic mass is 16.6. The van der Waals surface area contributed by atoms with Gasteiger partial charge in [-0.05, 0) is 50.3 Å². The third-order valence-corrected chi connectivity index (χ3v) is 10.0. The SMILES string of the molecule is C=CCCC(=O)N[C@@H](C)[C@H](OC(=O)[C@@H]1[C@H]2C(=O)N(CCCO)[C@H](C(=O)N(CC=C)Cn3nnc4ccccc43)[C@]23CC[C@H]1O3)c1ccccc1. The molecule has 3 aliphatic heterocycles. The number of hydrogen-bond acceptors (Lipinski definition) is 9. The molecule has 1 aromatic heterocycles. The van der Waals surface area contributed by atoms with Gasteiger partial charge in [0.2, 0.25) is 17.7 Å². The first kappa shape index (κ1) is 35.0. The van der Waals surface area contributed by atoms with Crippen molar-refractivity contribution in [1.82, 2.24) is 30.1 Å². The molecule has 3 aromatic rings. The Morgan fingerprint density at radius 3 is 2.66 bits per heavy atom. The lowest BCUT2D eigenvalue weighted by atomic mass is 9.70. The topological polar surface area (TPSA) is 156 Å². The number of nitrogens with one attached hydrogen (secondary N) is 1. The van der Waals surface area contributed by atoms with Gasteiger partial charge in [0.25, 0.3) is 0 Å². The molecule has 3 amide bonds. The molecule has 2 aromatic carbocycles. The predicted octanol–water partition coefficient (Wildman–Crippen LogP) is 2.92. The number of esters is 1. The number of aliphatic hydroxyl groups excluding tert-OH is 1. The molecule has 0 radical (unpaired) electrons. The van der Waals surface area contributed by atoms with Crippen molar-refractivity contribution in [3.8, 4) is 0 Å². The van der Waals surface area contributed by atoms with Crippen molar-refractivity contribution in [2.24, 2.45) is 11.8 Å². The second-order valence-corrected chi connectivity index (χ2v) is 13.2. The van der Waals surface area contributed by atoms with E-state index in [1.54, 1.807) is 28.7 Å². The number of carbonyl (C=O) groups excluding carboxylic acids is 4. The molecule has 0 saturated carbocycles. The molecule has 0 unspecified atom stereocenters. The van der Waals surface area contributed by atoms with Crippen LogP contribution in [0, 0.1) is 11.8 Å².